The predicted octanol–water partition coefficient (Wildman–Crippen LogP) is 5.12. The highest BCUT2D eigenvalue weighted by Crippen LogP contribution is 2.25. The second-order valence-corrected chi connectivity index (χ2v) is 5.44. The van der Waals surface area contributed by atoms with Crippen molar-refractivity contribution in [3.8, 4) is 0 Å². The third-order valence-electron chi connectivity index (χ3n) is 3.05. The monoisotopic (exact) mass is 315 g/mol. The number of rotatable bonds is 3. The number of para-hydroxylation sites is 1. The van der Waals surface area contributed by atoms with Gasteiger partial charge in [-0.1, -0.05) is 24.3 Å². The smallest absolute Gasteiger partial charge is 0.134 e. The Bertz CT molecular complexity index is 685. The van der Waals surface area contributed by atoms with Crippen molar-refractivity contribution < 1.29 is 4.42 Å². The predicted molar refractivity (Wildman–Crippen MR) is 82.4 cm³/mol. The number of hydrogen-bond acceptors (Lipinski definition) is 2. The molecule has 0 fully saturated rings. The topological polar surface area (TPSA) is 25.2 Å². The van der Waals surface area contributed by atoms with Gasteiger partial charge in [0, 0.05) is 15.5 Å². The Balaban J connectivity index is 1.80. The Labute approximate surface area is 120 Å². The fraction of sp³-hybridized carbons (Fsp3) is 0.125. The average molecular weight is 316 g/mol. The number of aryl methyl sites for hydroxylation is 1. The van der Waals surface area contributed by atoms with E-state index in [1.165, 1.54) is 5.56 Å². The Morgan fingerprint density at radius 1 is 1.11 bits per heavy atom. The molecule has 0 saturated carbocycles. The van der Waals surface area contributed by atoms with Crippen molar-refractivity contribution in [3.63, 3.8) is 0 Å². The van der Waals surface area contributed by atoms with E-state index in [-0.39, 0.29) is 0 Å². The summed E-state index contributed by atoms with van der Waals surface area (Å²) in [6, 6.07) is 16.4. The van der Waals surface area contributed by atoms with Gasteiger partial charge >= 0.3 is 0 Å². The lowest BCUT2D eigenvalue weighted by atomic mass is 10.2. The Hall–Kier alpha value is -1.74. The molecule has 1 N–H and O–H groups in total. The molecule has 0 radical (unpaired) electrons. The lowest BCUT2D eigenvalue weighted by Gasteiger charge is -2.07. The van der Waals surface area contributed by atoms with Crippen LogP contribution < -0.4 is 5.32 Å². The minimum atomic E-state index is 0.677. The van der Waals surface area contributed by atoms with Gasteiger partial charge in [-0.2, -0.15) is 0 Å². The van der Waals surface area contributed by atoms with Crippen molar-refractivity contribution in [2.24, 2.45) is 0 Å². The number of furan rings is 1. The van der Waals surface area contributed by atoms with Crippen LogP contribution in [0.3, 0.4) is 0 Å². The van der Waals surface area contributed by atoms with Crippen LogP contribution in [-0.2, 0) is 6.54 Å². The summed E-state index contributed by atoms with van der Waals surface area (Å²) >= 11 is 3.55. The van der Waals surface area contributed by atoms with Gasteiger partial charge in [0.1, 0.15) is 11.3 Å². The SMILES string of the molecule is Cc1ccc(Br)c(NCc2cc3ccccc3o2)c1. The first kappa shape index (κ1) is 12.3. The molecule has 0 aliphatic carbocycles. The lowest BCUT2D eigenvalue weighted by Crippen LogP contribution is -1.99. The fourth-order valence-electron chi connectivity index (χ4n) is 2.08. The summed E-state index contributed by atoms with van der Waals surface area (Å²) in [7, 11) is 0. The molecule has 1 heterocycles. The third-order valence-corrected chi connectivity index (χ3v) is 3.74. The fourth-order valence-corrected chi connectivity index (χ4v) is 2.47. The second-order valence-electron chi connectivity index (χ2n) is 4.59. The minimum absolute atomic E-state index is 0.677. The van der Waals surface area contributed by atoms with Crippen LogP contribution in [0.2, 0.25) is 0 Å². The molecule has 0 unspecified atom stereocenters. The molecule has 0 atom stereocenters. The summed E-state index contributed by atoms with van der Waals surface area (Å²) in [5.41, 5.74) is 3.25. The number of benzene rings is 2. The molecule has 96 valence electrons. The highest BCUT2D eigenvalue weighted by Gasteiger charge is 2.04. The number of nitrogens with one attached hydrogen (secondary N) is 1. The lowest BCUT2D eigenvalue weighted by molar-refractivity contribution is 0.559. The van der Waals surface area contributed by atoms with Crippen molar-refractivity contribution in [3.05, 3.63) is 64.3 Å². The molecule has 0 spiro atoms. The molecular formula is C16H14BrNO. The summed E-state index contributed by atoms with van der Waals surface area (Å²) < 4.78 is 6.85. The number of hydrogen-bond donors (Lipinski definition) is 1. The minimum Gasteiger partial charge on any atom is -0.459 e. The van der Waals surface area contributed by atoms with Crippen molar-refractivity contribution in [1.82, 2.24) is 0 Å². The zero-order chi connectivity index (χ0) is 13.2. The Morgan fingerprint density at radius 3 is 2.79 bits per heavy atom. The van der Waals surface area contributed by atoms with Gasteiger partial charge in [-0.15, -0.1) is 0 Å². The molecule has 0 aliphatic rings. The molecule has 19 heavy (non-hydrogen) atoms. The molecule has 0 amide bonds. The van der Waals surface area contributed by atoms with Gasteiger partial charge in [-0.25, -0.2) is 0 Å². The first-order valence-corrected chi connectivity index (χ1v) is 6.99. The largest absolute Gasteiger partial charge is 0.459 e. The van der Waals surface area contributed by atoms with Gasteiger partial charge in [0.05, 0.1) is 6.54 Å². The molecule has 2 aromatic carbocycles. The van der Waals surface area contributed by atoms with Gasteiger partial charge in [0.15, 0.2) is 0 Å². The first-order chi connectivity index (χ1) is 9.22. The molecule has 3 rings (SSSR count). The molecule has 0 bridgehead atoms. The van der Waals surface area contributed by atoms with Crippen LogP contribution in [0.1, 0.15) is 11.3 Å². The Morgan fingerprint density at radius 2 is 1.95 bits per heavy atom. The van der Waals surface area contributed by atoms with E-state index >= 15 is 0 Å². The van der Waals surface area contributed by atoms with E-state index in [9.17, 15) is 0 Å². The summed E-state index contributed by atoms with van der Waals surface area (Å²) in [6.07, 6.45) is 0. The van der Waals surface area contributed by atoms with Crippen LogP contribution >= 0.6 is 15.9 Å². The van der Waals surface area contributed by atoms with Gasteiger partial charge in [-0.3, -0.25) is 0 Å². The normalized spacial score (nSPS) is 10.8. The quantitative estimate of drug-likeness (QED) is 0.726. The summed E-state index contributed by atoms with van der Waals surface area (Å²) in [4.78, 5) is 0. The number of anilines is 1. The van der Waals surface area contributed by atoms with Crippen LogP contribution in [-0.4, -0.2) is 0 Å². The first-order valence-electron chi connectivity index (χ1n) is 6.20. The number of fused-ring (bicyclic) bond motifs is 1. The second kappa shape index (κ2) is 5.10. The summed E-state index contributed by atoms with van der Waals surface area (Å²) in [6.45, 7) is 2.76. The zero-order valence-electron chi connectivity index (χ0n) is 10.6. The molecular weight excluding hydrogens is 302 g/mol. The van der Waals surface area contributed by atoms with Crippen molar-refractivity contribution in [1.29, 1.82) is 0 Å². The molecule has 0 saturated heterocycles. The molecule has 2 nitrogen and oxygen atoms in total. The number of halogens is 1. The van der Waals surface area contributed by atoms with Crippen molar-refractivity contribution in [2.45, 2.75) is 13.5 Å². The summed E-state index contributed by atoms with van der Waals surface area (Å²) in [5.74, 6) is 0.939. The van der Waals surface area contributed by atoms with E-state index in [0.29, 0.717) is 6.54 Å². The Kier molecular flexibility index (Phi) is 3.30. The highest BCUT2D eigenvalue weighted by atomic mass is 79.9. The van der Waals surface area contributed by atoms with Gasteiger partial charge in [0.25, 0.3) is 0 Å². The molecule has 0 aliphatic heterocycles. The van der Waals surface area contributed by atoms with Crippen LogP contribution in [0.15, 0.2) is 57.4 Å². The van der Waals surface area contributed by atoms with E-state index in [1.54, 1.807) is 0 Å². The van der Waals surface area contributed by atoms with Gasteiger partial charge < -0.3 is 9.73 Å². The van der Waals surface area contributed by atoms with E-state index in [0.717, 1.165) is 26.9 Å². The van der Waals surface area contributed by atoms with Crippen LogP contribution in [0.5, 0.6) is 0 Å². The maximum atomic E-state index is 5.78. The van der Waals surface area contributed by atoms with Gasteiger partial charge in [-0.05, 0) is 52.7 Å². The van der Waals surface area contributed by atoms with Crippen LogP contribution in [0.4, 0.5) is 5.69 Å². The van der Waals surface area contributed by atoms with E-state index < -0.39 is 0 Å². The molecule has 1 aromatic heterocycles. The van der Waals surface area contributed by atoms with Crippen LogP contribution in [0, 0.1) is 6.92 Å². The van der Waals surface area contributed by atoms with Crippen LogP contribution in [0.25, 0.3) is 11.0 Å². The third kappa shape index (κ3) is 2.66. The van der Waals surface area contributed by atoms with Gasteiger partial charge in [0.2, 0.25) is 0 Å². The van der Waals surface area contributed by atoms with Crippen molar-refractivity contribution >= 4 is 32.6 Å². The average Bonchev–Trinajstić information content (AvgIpc) is 2.82. The van der Waals surface area contributed by atoms with E-state index in [1.807, 2.05) is 18.2 Å². The maximum absolute atomic E-state index is 5.78. The van der Waals surface area contributed by atoms with E-state index in [4.69, 9.17) is 4.42 Å². The molecule has 3 aromatic rings. The summed E-state index contributed by atoms with van der Waals surface area (Å²) in [5, 5.41) is 4.53. The standard InChI is InChI=1S/C16H14BrNO/c1-11-6-7-14(17)15(8-11)18-10-13-9-12-4-2-3-5-16(12)19-13/h2-9,18H,10H2,1H3. The highest BCUT2D eigenvalue weighted by molar-refractivity contribution is 9.10. The zero-order valence-corrected chi connectivity index (χ0v) is 12.2. The van der Waals surface area contributed by atoms with Crippen molar-refractivity contribution in [2.75, 3.05) is 5.32 Å². The molecule has 3 heteroatoms. The van der Waals surface area contributed by atoms with E-state index in [2.05, 4.69) is 58.5 Å². The maximum Gasteiger partial charge on any atom is 0.134 e.